The van der Waals surface area contributed by atoms with E-state index in [0.717, 1.165) is 57.2 Å². The number of fused-ring (bicyclic) bond motifs is 4. The SMILES string of the molecule is CCOC(=O)N1C2CCC1CC(N1CCC3(CC1)CN(S(=O)(=O)c1ccc(OC)cc1)Cc1ccccc13)C2. The molecule has 2 atom stereocenters. The van der Waals surface area contributed by atoms with Gasteiger partial charge >= 0.3 is 6.09 Å². The molecule has 1 amide bonds. The van der Waals surface area contributed by atoms with Crippen molar-refractivity contribution in [3.05, 3.63) is 59.7 Å². The van der Waals surface area contributed by atoms with E-state index >= 15 is 0 Å². The largest absolute Gasteiger partial charge is 0.497 e. The van der Waals surface area contributed by atoms with Gasteiger partial charge in [-0.3, -0.25) is 0 Å². The van der Waals surface area contributed by atoms with Crippen LogP contribution in [0.15, 0.2) is 53.4 Å². The van der Waals surface area contributed by atoms with Crippen LogP contribution in [0.1, 0.15) is 56.6 Å². The molecule has 4 aliphatic rings. The lowest BCUT2D eigenvalue weighted by Gasteiger charge is -2.51. The van der Waals surface area contributed by atoms with Crippen LogP contribution >= 0.6 is 0 Å². The minimum absolute atomic E-state index is 0.155. The van der Waals surface area contributed by atoms with Gasteiger partial charge in [-0.2, -0.15) is 4.31 Å². The van der Waals surface area contributed by atoms with Gasteiger partial charge in [0.05, 0.1) is 18.6 Å². The molecule has 2 unspecified atom stereocenters. The predicted octanol–water partition coefficient (Wildman–Crippen LogP) is 4.39. The first-order chi connectivity index (χ1) is 18.8. The molecular formula is C30H39N3O5S. The number of hydrogen-bond acceptors (Lipinski definition) is 6. The molecule has 0 N–H and O–H groups in total. The van der Waals surface area contributed by atoms with E-state index in [2.05, 4.69) is 23.1 Å². The Bertz CT molecular complexity index is 1290. The Morgan fingerprint density at radius 1 is 0.974 bits per heavy atom. The van der Waals surface area contributed by atoms with Gasteiger partial charge in [-0.05, 0) is 93.9 Å². The number of rotatable bonds is 5. The summed E-state index contributed by atoms with van der Waals surface area (Å²) in [6, 6.07) is 16.1. The van der Waals surface area contributed by atoms with Gasteiger partial charge in [0, 0.05) is 36.6 Å². The van der Waals surface area contributed by atoms with E-state index in [9.17, 15) is 13.2 Å². The van der Waals surface area contributed by atoms with Crippen molar-refractivity contribution in [1.29, 1.82) is 0 Å². The zero-order valence-corrected chi connectivity index (χ0v) is 23.7. The second kappa shape index (κ2) is 10.4. The van der Waals surface area contributed by atoms with Gasteiger partial charge in [0.15, 0.2) is 0 Å². The topological polar surface area (TPSA) is 79.4 Å². The molecule has 0 aromatic heterocycles. The van der Waals surface area contributed by atoms with Gasteiger partial charge in [0.2, 0.25) is 10.0 Å². The third-order valence-corrected chi connectivity index (χ3v) is 11.4. The first-order valence-corrected chi connectivity index (χ1v) is 15.7. The molecule has 3 saturated heterocycles. The van der Waals surface area contributed by atoms with Crippen molar-refractivity contribution in [2.75, 3.05) is 33.4 Å². The smallest absolute Gasteiger partial charge is 0.410 e. The highest BCUT2D eigenvalue weighted by Crippen LogP contribution is 2.45. The fourth-order valence-corrected chi connectivity index (χ4v) is 9.10. The predicted molar refractivity (Wildman–Crippen MR) is 148 cm³/mol. The molecule has 4 aliphatic heterocycles. The molecule has 39 heavy (non-hydrogen) atoms. The maximum atomic E-state index is 13.8. The number of hydrogen-bond donors (Lipinski definition) is 0. The number of benzene rings is 2. The van der Waals surface area contributed by atoms with Crippen molar-refractivity contribution in [1.82, 2.24) is 14.1 Å². The Hall–Kier alpha value is -2.62. The number of amides is 1. The minimum atomic E-state index is -3.65. The van der Waals surface area contributed by atoms with Crippen LogP contribution in [0.3, 0.4) is 0 Å². The summed E-state index contributed by atoms with van der Waals surface area (Å²) in [7, 11) is -2.07. The van der Waals surface area contributed by atoms with Crippen molar-refractivity contribution >= 4 is 16.1 Å². The van der Waals surface area contributed by atoms with Gasteiger partial charge in [-0.15, -0.1) is 0 Å². The second-order valence-corrected chi connectivity index (χ2v) is 13.5. The van der Waals surface area contributed by atoms with Crippen molar-refractivity contribution in [2.45, 2.75) is 80.4 Å². The van der Waals surface area contributed by atoms with E-state index in [1.807, 2.05) is 17.9 Å². The molecule has 210 valence electrons. The van der Waals surface area contributed by atoms with Gasteiger partial charge < -0.3 is 19.3 Å². The maximum Gasteiger partial charge on any atom is 0.410 e. The molecule has 9 heteroatoms. The van der Waals surface area contributed by atoms with Crippen LogP contribution in [0.25, 0.3) is 0 Å². The monoisotopic (exact) mass is 553 g/mol. The quantitative estimate of drug-likeness (QED) is 0.547. The fourth-order valence-electron chi connectivity index (χ4n) is 7.60. The first-order valence-electron chi connectivity index (χ1n) is 14.3. The molecule has 0 aliphatic carbocycles. The zero-order chi connectivity index (χ0) is 27.2. The van der Waals surface area contributed by atoms with E-state index in [1.54, 1.807) is 35.7 Å². The summed E-state index contributed by atoms with van der Waals surface area (Å²) >= 11 is 0. The van der Waals surface area contributed by atoms with Crippen molar-refractivity contribution in [3.8, 4) is 5.75 Å². The van der Waals surface area contributed by atoms with Crippen LogP contribution < -0.4 is 4.74 Å². The van der Waals surface area contributed by atoms with Gasteiger partial charge in [0.1, 0.15) is 5.75 Å². The van der Waals surface area contributed by atoms with Crippen molar-refractivity contribution < 1.29 is 22.7 Å². The highest BCUT2D eigenvalue weighted by molar-refractivity contribution is 7.89. The van der Waals surface area contributed by atoms with E-state index < -0.39 is 10.0 Å². The highest BCUT2D eigenvalue weighted by Gasteiger charge is 2.49. The molecular weight excluding hydrogens is 514 g/mol. The Labute approximate surface area is 231 Å². The molecule has 2 bridgehead atoms. The normalized spacial score (nSPS) is 26.8. The molecule has 0 radical (unpaired) electrons. The standard InChI is InChI=1S/C30H39N3O5S/c1-3-38-29(34)33-23-8-9-24(33)19-25(18-23)31-16-14-30(15-17-31)21-32(20-22-6-4-5-7-28(22)30)39(35,36)27-12-10-26(37-2)11-13-27/h4-7,10-13,23-25H,3,8-9,14-21H2,1-2H3. The molecule has 2 aromatic rings. The molecule has 6 rings (SSSR count). The fraction of sp³-hybridized carbons (Fsp3) is 0.567. The molecule has 3 fully saturated rings. The second-order valence-electron chi connectivity index (χ2n) is 11.5. The minimum Gasteiger partial charge on any atom is -0.497 e. The van der Waals surface area contributed by atoms with Gasteiger partial charge in [-0.25, -0.2) is 13.2 Å². The first kappa shape index (κ1) is 26.6. The van der Waals surface area contributed by atoms with Crippen molar-refractivity contribution in [2.24, 2.45) is 0 Å². The number of sulfonamides is 1. The molecule has 2 aromatic carbocycles. The summed E-state index contributed by atoms with van der Waals surface area (Å²) in [5.41, 5.74) is 2.22. The summed E-state index contributed by atoms with van der Waals surface area (Å²) in [4.78, 5) is 17.5. The molecule has 0 saturated carbocycles. The average Bonchev–Trinajstić information content (AvgIpc) is 3.23. The number of piperidine rings is 2. The lowest BCUT2D eigenvalue weighted by atomic mass is 9.69. The van der Waals surface area contributed by atoms with E-state index in [4.69, 9.17) is 9.47 Å². The van der Waals surface area contributed by atoms with Crippen LogP contribution in [-0.4, -0.2) is 80.1 Å². The Morgan fingerprint density at radius 2 is 1.64 bits per heavy atom. The molecule has 4 heterocycles. The summed E-state index contributed by atoms with van der Waals surface area (Å²) in [6.45, 7) is 5.05. The number of carbonyl (C=O) groups excluding carboxylic acids is 1. The Morgan fingerprint density at radius 3 is 2.28 bits per heavy atom. The van der Waals surface area contributed by atoms with Gasteiger partial charge in [0.25, 0.3) is 0 Å². The molecule has 8 nitrogen and oxygen atoms in total. The summed E-state index contributed by atoms with van der Waals surface area (Å²) in [6.07, 6.45) is 5.80. The Balaban J connectivity index is 1.19. The van der Waals surface area contributed by atoms with E-state index in [1.165, 1.54) is 5.56 Å². The van der Waals surface area contributed by atoms with E-state index in [0.29, 0.717) is 36.4 Å². The van der Waals surface area contributed by atoms with Crippen molar-refractivity contribution in [3.63, 3.8) is 0 Å². The lowest BCUT2D eigenvalue weighted by Crippen LogP contribution is -2.57. The number of methoxy groups -OCH3 is 1. The third-order valence-electron chi connectivity index (χ3n) is 9.57. The van der Waals surface area contributed by atoms with Crippen LogP contribution in [0.2, 0.25) is 0 Å². The zero-order valence-electron chi connectivity index (χ0n) is 22.9. The average molecular weight is 554 g/mol. The van der Waals surface area contributed by atoms with Gasteiger partial charge in [-0.1, -0.05) is 24.3 Å². The third kappa shape index (κ3) is 4.72. The Kier molecular flexibility index (Phi) is 7.10. The lowest BCUT2D eigenvalue weighted by molar-refractivity contribution is 0.0237. The number of nitrogens with zero attached hydrogens (tertiary/aromatic N) is 3. The number of carbonyl (C=O) groups is 1. The maximum absolute atomic E-state index is 13.8. The van der Waals surface area contributed by atoms with Crippen LogP contribution in [0.5, 0.6) is 5.75 Å². The van der Waals surface area contributed by atoms with E-state index in [-0.39, 0.29) is 23.6 Å². The molecule has 1 spiro atoms. The van der Waals surface area contributed by atoms with Crippen LogP contribution in [0.4, 0.5) is 4.79 Å². The van der Waals surface area contributed by atoms with Crippen LogP contribution in [-0.2, 0) is 26.7 Å². The summed E-state index contributed by atoms with van der Waals surface area (Å²) in [5, 5.41) is 0. The highest BCUT2D eigenvalue weighted by atomic mass is 32.2. The van der Waals surface area contributed by atoms with Crippen LogP contribution in [0, 0.1) is 0 Å². The summed E-state index contributed by atoms with van der Waals surface area (Å²) < 4.78 is 39.8. The number of ether oxygens (including phenoxy) is 2. The summed E-state index contributed by atoms with van der Waals surface area (Å²) in [5.74, 6) is 0.642. The number of likely N-dealkylation sites (tertiary alicyclic amines) is 1.